The molecule has 1 aromatic rings. The molecule has 0 heterocycles. The van der Waals surface area contributed by atoms with Crippen LogP contribution in [0, 0.1) is 0 Å². The number of benzene rings is 1. The van der Waals surface area contributed by atoms with Gasteiger partial charge in [0.15, 0.2) is 0 Å². The van der Waals surface area contributed by atoms with Crippen molar-refractivity contribution in [2.45, 2.75) is 19.3 Å². The molecular formula is C11H15NO3. The Morgan fingerprint density at radius 1 is 1.33 bits per heavy atom. The molecule has 0 aliphatic heterocycles. The fourth-order valence-electron chi connectivity index (χ4n) is 1.34. The Morgan fingerprint density at radius 2 is 2.07 bits per heavy atom. The molecule has 4 heteroatoms. The van der Waals surface area contributed by atoms with Gasteiger partial charge in [-0.3, -0.25) is 0 Å². The maximum absolute atomic E-state index is 10.0. The number of nitrogens with two attached hydrogens (primary N) is 1. The maximum Gasteiger partial charge on any atom is 0.505 e. The van der Waals surface area contributed by atoms with Crippen LogP contribution in [0.4, 0.5) is 10.5 Å². The first-order chi connectivity index (χ1) is 7.20. The van der Waals surface area contributed by atoms with Crippen molar-refractivity contribution in [3.63, 3.8) is 0 Å². The molecule has 0 unspecified atom stereocenters. The fourth-order valence-corrected chi connectivity index (χ4v) is 1.34. The Kier molecular flexibility index (Phi) is 4.47. The summed E-state index contributed by atoms with van der Waals surface area (Å²) in [4.78, 5) is 10.0. The molecule has 0 aromatic heterocycles. The molecule has 82 valence electrons. The van der Waals surface area contributed by atoms with Crippen LogP contribution in [0.5, 0.6) is 0 Å². The standard InChI is InChI=1S/C11H15NO3/c12-10-7-2-1-5-9(10)6-3-4-8-15-11(13)14/h1-2,5,7H,3-4,6,8,12H2,(H,13,14). The Labute approximate surface area is 88.7 Å². The molecule has 0 spiro atoms. The molecule has 0 amide bonds. The number of carbonyl (C=O) groups is 1. The first-order valence-corrected chi connectivity index (χ1v) is 4.89. The third-order valence-corrected chi connectivity index (χ3v) is 2.12. The van der Waals surface area contributed by atoms with Gasteiger partial charge in [-0.25, -0.2) is 4.79 Å². The minimum atomic E-state index is -1.21. The summed E-state index contributed by atoms with van der Waals surface area (Å²) >= 11 is 0. The van der Waals surface area contributed by atoms with Gasteiger partial charge in [0.25, 0.3) is 0 Å². The highest BCUT2D eigenvalue weighted by Crippen LogP contribution is 2.13. The zero-order chi connectivity index (χ0) is 11.1. The third-order valence-electron chi connectivity index (χ3n) is 2.12. The van der Waals surface area contributed by atoms with Crippen LogP contribution in [0.15, 0.2) is 24.3 Å². The number of para-hydroxylation sites is 1. The van der Waals surface area contributed by atoms with Crippen molar-refractivity contribution >= 4 is 11.8 Å². The molecule has 1 aromatic carbocycles. The lowest BCUT2D eigenvalue weighted by Gasteiger charge is -2.04. The summed E-state index contributed by atoms with van der Waals surface area (Å²) in [5.74, 6) is 0. The second-order valence-electron chi connectivity index (χ2n) is 3.27. The van der Waals surface area contributed by atoms with Gasteiger partial charge in [0, 0.05) is 5.69 Å². The van der Waals surface area contributed by atoms with Crippen molar-refractivity contribution in [2.75, 3.05) is 12.3 Å². The summed E-state index contributed by atoms with van der Waals surface area (Å²) in [6, 6.07) is 7.68. The van der Waals surface area contributed by atoms with Crippen molar-refractivity contribution < 1.29 is 14.6 Å². The first-order valence-electron chi connectivity index (χ1n) is 4.89. The van der Waals surface area contributed by atoms with E-state index < -0.39 is 6.16 Å². The smallest absolute Gasteiger partial charge is 0.450 e. The minimum Gasteiger partial charge on any atom is -0.450 e. The number of carboxylic acid groups (broad SMARTS) is 1. The van der Waals surface area contributed by atoms with E-state index in [1.807, 2.05) is 24.3 Å². The summed E-state index contributed by atoms with van der Waals surface area (Å²) < 4.78 is 4.40. The highest BCUT2D eigenvalue weighted by Gasteiger charge is 1.99. The number of hydrogen-bond acceptors (Lipinski definition) is 3. The molecule has 0 saturated heterocycles. The van der Waals surface area contributed by atoms with E-state index in [4.69, 9.17) is 10.8 Å². The zero-order valence-corrected chi connectivity index (χ0v) is 8.48. The van der Waals surface area contributed by atoms with Crippen LogP contribution < -0.4 is 5.73 Å². The van der Waals surface area contributed by atoms with E-state index in [-0.39, 0.29) is 6.61 Å². The molecule has 0 fully saturated rings. The van der Waals surface area contributed by atoms with Crippen molar-refractivity contribution in [1.29, 1.82) is 0 Å². The minimum absolute atomic E-state index is 0.252. The molecule has 0 bridgehead atoms. The van der Waals surface area contributed by atoms with Gasteiger partial charge in [-0.05, 0) is 30.9 Å². The quantitative estimate of drug-likeness (QED) is 0.443. The third kappa shape index (κ3) is 4.35. The monoisotopic (exact) mass is 209 g/mol. The Bertz CT molecular complexity index is 325. The lowest BCUT2D eigenvalue weighted by Crippen LogP contribution is -2.02. The number of aryl methyl sites for hydroxylation is 1. The molecule has 0 atom stereocenters. The van der Waals surface area contributed by atoms with Crippen molar-refractivity contribution in [3.05, 3.63) is 29.8 Å². The molecule has 1 rings (SSSR count). The number of rotatable bonds is 5. The first kappa shape index (κ1) is 11.4. The summed E-state index contributed by atoms with van der Waals surface area (Å²) in [5.41, 5.74) is 7.65. The average Bonchev–Trinajstić information content (AvgIpc) is 2.20. The van der Waals surface area contributed by atoms with Crippen molar-refractivity contribution in [3.8, 4) is 0 Å². The summed E-state index contributed by atoms with van der Waals surface area (Å²) in [5, 5.41) is 8.23. The Balaban J connectivity index is 2.21. The van der Waals surface area contributed by atoms with Crippen LogP contribution >= 0.6 is 0 Å². The van der Waals surface area contributed by atoms with Gasteiger partial charge in [-0.2, -0.15) is 0 Å². The highest BCUT2D eigenvalue weighted by molar-refractivity contribution is 5.56. The Hall–Kier alpha value is -1.71. The molecular weight excluding hydrogens is 194 g/mol. The second kappa shape index (κ2) is 5.90. The van der Waals surface area contributed by atoms with E-state index in [1.54, 1.807) is 0 Å². The van der Waals surface area contributed by atoms with Crippen molar-refractivity contribution in [1.82, 2.24) is 0 Å². The number of hydrogen-bond donors (Lipinski definition) is 2. The lowest BCUT2D eigenvalue weighted by molar-refractivity contribution is 0.0902. The van der Waals surface area contributed by atoms with E-state index in [9.17, 15) is 4.79 Å². The van der Waals surface area contributed by atoms with Crippen LogP contribution in [0.3, 0.4) is 0 Å². The van der Waals surface area contributed by atoms with Gasteiger partial charge in [-0.1, -0.05) is 18.2 Å². The van der Waals surface area contributed by atoms with Crippen LogP contribution in [0.1, 0.15) is 18.4 Å². The number of nitrogen functional groups attached to an aromatic ring is 1. The fraction of sp³-hybridized carbons (Fsp3) is 0.364. The van der Waals surface area contributed by atoms with Gasteiger partial charge in [-0.15, -0.1) is 0 Å². The second-order valence-corrected chi connectivity index (χ2v) is 3.27. The predicted molar refractivity (Wildman–Crippen MR) is 57.8 cm³/mol. The molecule has 3 N–H and O–H groups in total. The molecule has 4 nitrogen and oxygen atoms in total. The van der Waals surface area contributed by atoms with Crippen molar-refractivity contribution in [2.24, 2.45) is 0 Å². The normalized spacial score (nSPS) is 9.87. The number of unbranched alkanes of at least 4 members (excludes halogenated alkanes) is 1. The number of ether oxygens (including phenoxy) is 1. The van der Waals surface area contributed by atoms with Gasteiger partial charge >= 0.3 is 6.16 Å². The highest BCUT2D eigenvalue weighted by atomic mass is 16.7. The van der Waals surface area contributed by atoms with E-state index >= 15 is 0 Å². The summed E-state index contributed by atoms with van der Waals surface area (Å²) in [7, 11) is 0. The molecule has 15 heavy (non-hydrogen) atoms. The van der Waals surface area contributed by atoms with E-state index in [2.05, 4.69) is 4.74 Å². The van der Waals surface area contributed by atoms with Crippen LogP contribution in [-0.4, -0.2) is 17.9 Å². The molecule has 0 aliphatic carbocycles. The SMILES string of the molecule is Nc1ccccc1CCCCOC(=O)O. The van der Waals surface area contributed by atoms with Gasteiger partial charge in [0.2, 0.25) is 0 Å². The van der Waals surface area contributed by atoms with Crippen LogP contribution in [-0.2, 0) is 11.2 Å². The topological polar surface area (TPSA) is 72.5 Å². The summed E-state index contributed by atoms with van der Waals surface area (Å²) in [6.07, 6.45) is 1.24. The number of anilines is 1. The largest absolute Gasteiger partial charge is 0.505 e. The molecule has 0 saturated carbocycles. The van der Waals surface area contributed by atoms with Crippen LogP contribution in [0.25, 0.3) is 0 Å². The van der Waals surface area contributed by atoms with Gasteiger partial charge in [0.05, 0.1) is 6.61 Å². The summed E-state index contributed by atoms with van der Waals surface area (Å²) in [6.45, 7) is 0.252. The zero-order valence-electron chi connectivity index (χ0n) is 8.48. The molecule has 0 aliphatic rings. The van der Waals surface area contributed by atoms with E-state index in [0.29, 0.717) is 0 Å². The predicted octanol–water partition coefficient (Wildman–Crippen LogP) is 2.29. The van der Waals surface area contributed by atoms with Gasteiger partial charge < -0.3 is 15.6 Å². The van der Waals surface area contributed by atoms with E-state index in [0.717, 1.165) is 30.5 Å². The van der Waals surface area contributed by atoms with Crippen LogP contribution in [0.2, 0.25) is 0 Å². The van der Waals surface area contributed by atoms with E-state index in [1.165, 1.54) is 0 Å². The maximum atomic E-state index is 10.0. The average molecular weight is 209 g/mol. The molecule has 0 radical (unpaired) electrons. The lowest BCUT2D eigenvalue weighted by atomic mass is 10.1. The van der Waals surface area contributed by atoms with Gasteiger partial charge in [0.1, 0.15) is 0 Å². The Morgan fingerprint density at radius 3 is 2.73 bits per heavy atom.